The van der Waals surface area contributed by atoms with Crippen LogP contribution in [0.25, 0.3) is 0 Å². The van der Waals surface area contributed by atoms with Gasteiger partial charge in [-0.25, -0.2) is 0 Å². The lowest BCUT2D eigenvalue weighted by molar-refractivity contribution is -0.137. The Morgan fingerprint density at radius 3 is 2.26 bits per heavy atom. The summed E-state index contributed by atoms with van der Waals surface area (Å²) in [5.41, 5.74) is 0.330. The Bertz CT molecular complexity index is 458. The van der Waals surface area contributed by atoms with Crippen LogP contribution in [0.2, 0.25) is 0 Å². The number of rotatable bonds is 3. The van der Waals surface area contributed by atoms with Crippen molar-refractivity contribution in [3.63, 3.8) is 0 Å². The standard InChI is InChI=1S/C14H17BrF3N/c1-3-13(4-2)8-19(9-13)12-7-10(14(16,17)18)5-6-11(12)15/h5-7H,3-4,8-9H2,1-2H3. The first kappa shape index (κ1) is 14.7. The second-order valence-electron chi connectivity index (χ2n) is 5.23. The molecule has 2 rings (SSSR count). The third-order valence-corrected chi connectivity index (χ3v) is 4.84. The smallest absolute Gasteiger partial charge is 0.369 e. The molecule has 0 aliphatic carbocycles. The van der Waals surface area contributed by atoms with Crippen LogP contribution in [-0.4, -0.2) is 13.1 Å². The van der Waals surface area contributed by atoms with Crippen LogP contribution in [0.3, 0.4) is 0 Å². The van der Waals surface area contributed by atoms with Gasteiger partial charge in [-0.15, -0.1) is 0 Å². The van der Waals surface area contributed by atoms with Gasteiger partial charge in [-0.3, -0.25) is 0 Å². The largest absolute Gasteiger partial charge is 0.416 e. The van der Waals surface area contributed by atoms with Crippen molar-refractivity contribution in [2.75, 3.05) is 18.0 Å². The number of hydrogen-bond acceptors (Lipinski definition) is 1. The highest BCUT2D eigenvalue weighted by molar-refractivity contribution is 9.10. The van der Waals surface area contributed by atoms with E-state index in [0.717, 1.165) is 36.5 Å². The summed E-state index contributed by atoms with van der Waals surface area (Å²) in [6.07, 6.45) is -2.15. The van der Waals surface area contributed by atoms with Crippen LogP contribution in [0.15, 0.2) is 22.7 Å². The van der Waals surface area contributed by atoms with Crippen LogP contribution >= 0.6 is 15.9 Å². The van der Waals surface area contributed by atoms with Gasteiger partial charge in [0, 0.05) is 23.0 Å². The zero-order valence-corrected chi connectivity index (χ0v) is 12.6. The van der Waals surface area contributed by atoms with Gasteiger partial charge in [-0.2, -0.15) is 13.2 Å². The van der Waals surface area contributed by atoms with Crippen LogP contribution in [0.5, 0.6) is 0 Å². The van der Waals surface area contributed by atoms with E-state index >= 15 is 0 Å². The van der Waals surface area contributed by atoms with Crippen LogP contribution in [0.1, 0.15) is 32.3 Å². The summed E-state index contributed by atoms with van der Waals surface area (Å²) in [6.45, 7) is 5.95. The van der Waals surface area contributed by atoms with Crippen LogP contribution in [-0.2, 0) is 6.18 Å². The third kappa shape index (κ3) is 2.76. The first-order valence-corrected chi connectivity index (χ1v) is 7.22. The lowest BCUT2D eigenvalue weighted by Gasteiger charge is -2.51. The van der Waals surface area contributed by atoms with Crippen LogP contribution in [0.4, 0.5) is 18.9 Å². The molecule has 0 bridgehead atoms. The van der Waals surface area contributed by atoms with Gasteiger partial charge in [-0.05, 0) is 47.0 Å². The van der Waals surface area contributed by atoms with Crippen LogP contribution < -0.4 is 4.90 Å². The summed E-state index contributed by atoms with van der Waals surface area (Å²) in [6, 6.07) is 3.83. The number of anilines is 1. The van der Waals surface area contributed by atoms with Crippen molar-refractivity contribution in [1.29, 1.82) is 0 Å². The Hall–Kier alpha value is -0.710. The normalized spacial score (nSPS) is 18.3. The second kappa shape index (κ2) is 5.00. The van der Waals surface area contributed by atoms with Gasteiger partial charge < -0.3 is 4.90 Å². The minimum Gasteiger partial charge on any atom is -0.369 e. The van der Waals surface area contributed by atoms with E-state index in [1.54, 1.807) is 0 Å². The van der Waals surface area contributed by atoms with Gasteiger partial charge in [0.15, 0.2) is 0 Å². The highest BCUT2D eigenvalue weighted by Gasteiger charge is 2.41. The molecule has 0 aromatic heterocycles. The van der Waals surface area contributed by atoms with E-state index in [4.69, 9.17) is 0 Å². The summed E-state index contributed by atoms with van der Waals surface area (Å²) < 4.78 is 38.9. The van der Waals surface area contributed by atoms with E-state index in [0.29, 0.717) is 5.69 Å². The van der Waals surface area contributed by atoms with E-state index in [-0.39, 0.29) is 5.41 Å². The zero-order valence-electron chi connectivity index (χ0n) is 11.0. The Kier molecular flexibility index (Phi) is 3.87. The van der Waals surface area contributed by atoms with Crippen LogP contribution in [0, 0.1) is 5.41 Å². The molecule has 0 N–H and O–H groups in total. The fraction of sp³-hybridized carbons (Fsp3) is 0.571. The molecular formula is C14H17BrF3N. The molecule has 0 radical (unpaired) electrons. The summed E-state index contributed by atoms with van der Waals surface area (Å²) in [5.74, 6) is 0. The molecule has 0 amide bonds. The minimum absolute atomic E-state index is 0.272. The van der Waals surface area contributed by atoms with Crippen molar-refractivity contribution in [3.05, 3.63) is 28.2 Å². The molecule has 1 saturated heterocycles. The molecule has 1 aromatic carbocycles. The van der Waals surface area contributed by atoms with E-state index in [2.05, 4.69) is 29.8 Å². The Morgan fingerprint density at radius 1 is 1.21 bits per heavy atom. The van der Waals surface area contributed by atoms with Crippen molar-refractivity contribution in [1.82, 2.24) is 0 Å². The molecule has 1 nitrogen and oxygen atoms in total. The lowest BCUT2D eigenvalue weighted by atomic mass is 9.75. The third-order valence-electron chi connectivity index (χ3n) is 4.17. The molecule has 106 valence electrons. The maximum atomic E-state index is 12.7. The first-order valence-electron chi connectivity index (χ1n) is 6.43. The van der Waals surface area contributed by atoms with Gasteiger partial charge in [-0.1, -0.05) is 13.8 Å². The molecule has 0 spiro atoms. The quantitative estimate of drug-likeness (QED) is 0.743. The maximum absolute atomic E-state index is 12.7. The molecule has 1 aromatic rings. The number of halogens is 4. The van der Waals surface area contributed by atoms with Gasteiger partial charge >= 0.3 is 6.18 Å². The van der Waals surface area contributed by atoms with E-state index in [1.807, 2.05) is 4.90 Å². The molecule has 0 saturated carbocycles. The SMILES string of the molecule is CCC1(CC)CN(c2cc(C(F)(F)F)ccc2Br)C1. The summed E-state index contributed by atoms with van der Waals surface area (Å²) in [5, 5.41) is 0. The topological polar surface area (TPSA) is 3.24 Å². The lowest BCUT2D eigenvalue weighted by Crippen LogP contribution is -2.56. The Labute approximate surface area is 119 Å². The molecular weight excluding hydrogens is 319 g/mol. The molecule has 0 atom stereocenters. The van der Waals surface area contributed by atoms with E-state index in [9.17, 15) is 13.2 Å². The molecule has 1 heterocycles. The van der Waals surface area contributed by atoms with Crippen molar-refractivity contribution in [2.24, 2.45) is 5.41 Å². The van der Waals surface area contributed by atoms with E-state index < -0.39 is 11.7 Å². The Balaban J connectivity index is 2.23. The highest BCUT2D eigenvalue weighted by Crippen LogP contribution is 2.43. The molecule has 1 fully saturated rings. The number of alkyl halides is 3. The molecule has 19 heavy (non-hydrogen) atoms. The summed E-state index contributed by atoms with van der Waals surface area (Å²) in [7, 11) is 0. The first-order chi connectivity index (χ1) is 8.81. The fourth-order valence-corrected chi connectivity index (χ4v) is 3.06. The average molecular weight is 336 g/mol. The Morgan fingerprint density at radius 2 is 1.79 bits per heavy atom. The van der Waals surface area contributed by atoms with Gasteiger partial charge in [0.25, 0.3) is 0 Å². The number of benzene rings is 1. The molecule has 5 heteroatoms. The highest BCUT2D eigenvalue weighted by atomic mass is 79.9. The average Bonchev–Trinajstić information content (AvgIpc) is 2.29. The monoisotopic (exact) mass is 335 g/mol. The number of hydrogen-bond donors (Lipinski definition) is 0. The van der Waals surface area contributed by atoms with Gasteiger partial charge in [0.2, 0.25) is 0 Å². The maximum Gasteiger partial charge on any atom is 0.416 e. The van der Waals surface area contributed by atoms with Crippen molar-refractivity contribution >= 4 is 21.6 Å². The molecule has 1 aliphatic rings. The predicted octanol–water partition coefficient (Wildman–Crippen LogP) is 5.09. The van der Waals surface area contributed by atoms with Crippen molar-refractivity contribution in [3.8, 4) is 0 Å². The minimum atomic E-state index is -4.28. The van der Waals surface area contributed by atoms with Gasteiger partial charge in [0.1, 0.15) is 0 Å². The van der Waals surface area contributed by atoms with E-state index in [1.165, 1.54) is 12.1 Å². The molecule has 1 aliphatic heterocycles. The zero-order chi connectivity index (χ0) is 14.3. The number of nitrogens with zero attached hydrogens (tertiary/aromatic N) is 1. The predicted molar refractivity (Wildman–Crippen MR) is 74.4 cm³/mol. The summed E-state index contributed by atoms with van der Waals surface area (Å²) in [4.78, 5) is 2.02. The fourth-order valence-electron chi connectivity index (χ4n) is 2.56. The molecule has 0 unspecified atom stereocenters. The summed E-state index contributed by atoms with van der Waals surface area (Å²) >= 11 is 3.34. The van der Waals surface area contributed by atoms with Crippen molar-refractivity contribution in [2.45, 2.75) is 32.9 Å². The van der Waals surface area contributed by atoms with Crippen molar-refractivity contribution < 1.29 is 13.2 Å². The second-order valence-corrected chi connectivity index (χ2v) is 6.08. The van der Waals surface area contributed by atoms with Gasteiger partial charge in [0.05, 0.1) is 11.3 Å².